The van der Waals surface area contributed by atoms with Gasteiger partial charge in [0.25, 0.3) is 0 Å². The van der Waals surface area contributed by atoms with Crippen LogP contribution in [0.5, 0.6) is 5.75 Å². The molecule has 30 heavy (non-hydrogen) atoms. The lowest BCUT2D eigenvalue weighted by atomic mass is 9.85. The van der Waals surface area contributed by atoms with Gasteiger partial charge >= 0.3 is 5.97 Å². The number of carboxylic acids is 1. The molecule has 0 saturated carbocycles. The summed E-state index contributed by atoms with van der Waals surface area (Å²) in [6.45, 7) is 7.40. The Hall–Kier alpha value is -2.59. The van der Waals surface area contributed by atoms with Gasteiger partial charge in [-0.1, -0.05) is 48.9 Å². The molecule has 0 aromatic heterocycles. The van der Waals surface area contributed by atoms with Crippen molar-refractivity contribution < 1.29 is 14.6 Å². The maximum Gasteiger partial charge on any atom is 0.309 e. The Morgan fingerprint density at radius 2 is 1.93 bits per heavy atom. The quantitative estimate of drug-likeness (QED) is 0.672. The number of ether oxygens (including phenoxy) is 1. The van der Waals surface area contributed by atoms with Crippen molar-refractivity contribution in [2.45, 2.75) is 39.0 Å². The number of aliphatic carboxylic acids is 1. The molecular weight excluding hydrogens is 374 g/mol. The zero-order chi connectivity index (χ0) is 21.1. The van der Waals surface area contributed by atoms with Crippen LogP contribution in [0.4, 0.5) is 0 Å². The first-order valence-corrected chi connectivity index (χ1v) is 11.0. The second-order valence-corrected chi connectivity index (χ2v) is 8.73. The molecule has 2 aromatic rings. The maximum absolute atomic E-state index is 11.0. The largest absolute Gasteiger partial charge is 0.494 e. The molecule has 158 valence electrons. The van der Waals surface area contributed by atoms with E-state index in [0.717, 1.165) is 31.6 Å². The summed E-state index contributed by atoms with van der Waals surface area (Å²) in [6, 6.07) is 17.1. The number of rotatable bonds is 8. The molecule has 2 aliphatic rings. The first-order chi connectivity index (χ1) is 14.5. The fourth-order valence-corrected chi connectivity index (χ4v) is 4.52. The van der Waals surface area contributed by atoms with Gasteiger partial charge in [-0.2, -0.15) is 0 Å². The van der Waals surface area contributed by atoms with Crippen molar-refractivity contribution in [2.24, 2.45) is 5.92 Å². The number of aryl methyl sites for hydroxylation is 1. The fraction of sp³-hybridized carbons (Fsp3) is 0.423. The average molecular weight is 406 g/mol. The van der Waals surface area contributed by atoms with Crippen LogP contribution in [-0.4, -0.2) is 42.2 Å². The number of hydrogen-bond donors (Lipinski definition) is 1. The van der Waals surface area contributed by atoms with Gasteiger partial charge in [-0.3, -0.25) is 9.69 Å². The van der Waals surface area contributed by atoms with Gasteiger partial charge < -0.3 is 9.84 Å². The molecule has 1 heterocycles. The Balaban J connectivity index is 1.33. The van der Waals surface area contributed by atoms with Gasteiger partial charge in [0.1, 0.15) is 5.75 Å². The second kappa shape index (κ2) is 9.05. The molecule has 1 fully saturated rings. The van der Waals surface area contributed by atoms with Crippen LogP contribution < -0.4 is 4.74 Å². The summed E-state index contributed by atoms with van der Waals surface area (Å²) in [6.07, 6.45) is 3.06. The zero-order valence-corrected chi connectivity index (χ0v) is 17.9. The van der Waals surface area contributed by atoms with Crippen molar-refractivity contribution in [3.05, 3.63) is 70.8 Å². The molecule has 1 aliphatic carbocycles. The summed E-state index contributed by atoms with van der Waals surface area (Å²) in [5.74, 6) is 0.582. The van der Waals surface area contributed by atoms with Gasteiger partial charge in [-0.05, 0) is 66.5 Å². The summed E-state index contributed by atoms with van der Waals surface area (Å²) >= 11 is 0. The van der Waals surface area contributed by atoms with Crippen LogP contribution in [0.1, 0.15) is 49.3 Å². The van der Waals surface area contributed by atoms with E-state index in [1.54, 1.807) is 0 Å². The number of benzene rings is 2. The predicted molar refractivity (Wildman–Crippen MR) is 120 cm³/mol. The molecule has 1 unspecified atom stereocenters. The molecule has 0 amide bonds. The summed E-state index contributed by atoms with van der Waals surface area (Å²) < 4.78 is 6.07. The van der Waals surface area contributed by atoms with Crippen molar-refractivity contribution in [1.29, 1.82) is 0 Å². The number of likely N-dealkylation sites (tertiary alicyclic amines) is 1. The molecule has 1 aliphatic heterocycles. The number of carboxylic acid groups (broad SMARTS) is 1. The highest BCUT2D eigenvalue weighted by Crippen LogP contribution is 2.34. The van der Waals surface area contributed by atoms with E-state index in [9.17, 15) is 4.79 Å². The van der Waals surface area contributed by atoms with E-state index in [4.69, 9.17) is 9.84 Å². The van der Waals surface area contributed by atoms with Crippen molar-refractivity contribution in [2.75, 3.05) is 26.2 Å². The summed E-state index contributed by atoms with van der Waals surface area (Å²) in [7, 11) is 0. The predicted octanol–water partition coefficient (Wildman–Crippen LogP) is 5.00. The van der Waals surface area contributed by atoms with E-state index in [-0.39, 0.29) is 5.92 Å². The van der Waals surface area contributed by atoms with Crippen molar-refractivity contribution in [1.82, 2.24) is 4.90 Å². The van der Waals surface area contributed by atoms with Gasteiger partial charge in [-0.15, -0.1) is 0 Å². The normalized spacial score (nSPS) is 17.9. The first kappa shape index (κ1) is 20.7. The highest BCUT2D eigenvalue weighted by atomic mass is 16.5. The lowest BCUT2D eigenvalue weighted by Gasteiger charge is -2.38. The van der Waals surface area contributed by atoms with Gasteiger partial charge in [0.15, 0.2) is 0 Å². The molecule has 4 heteroatoms. The number of nitrogens with zero attached hydrogens (tertiary/aromatic N) is 1. The molecule has 0 radical (unpaired) electrons. The molecular formula is C26H31NO3. The van der Waals surface area contributed by atoms with E-state index >= 15 is 0 Å². The lowest BCUT2D eigenvalue weighted by molar-refractivity contribution is -0.147. The topological polar surface area (TPSA) is 49.8 Å². The minimum Gasteiger partial charge on any atom is -0.494 e. The third kappa shape index (κ3) is 4.59. The Bertz CT molecular complexity index is 929. The molecule has 1 atom stereocenters. The van der Waals surface area contributed by atoms with Gasteiger partial charge in [-0.25, -0.2) is 0 Å². The van der Waals surface area contributed by atoms with Crippen LogP contribution in [0.3, 0.4) is 0 Å². The Morgan fingerprint density at radius 3 is 2.67 bits per heavy atom. The minimum absolute atomic E-state index is 0.189. The average Bonchev–Trinajstić information content (AvgIpc) is 2.72. The SMILES string of the molecule is CC1=C(CN2CC(C(=O)O)C2)CCc2cc(OCCC(C)c3ccccc3)ccc21. The molecule has 0 bridgehead atoms. The molecule has 1 N–H and O–H groups in total. The summed E-state index contributed by atoms with van der Waals surface area (Å²) in [5.41, 5.74) is 6.82. The Morgan fingerprint density at radius 1 is 1.17 bits per heavy atom. The molecule has 0 spiro atoms. The maximum atomic E-state index is 11.0. The molecule has 2 aromatic carbocycles. The fourth-order valence-electron chi connectivity index (χ4n) is 4.52. The van der Waals surface area contributed by atoms with Gasteiger partial charge in [0.05, 0.1) is 12.5 Å². The number of carbonyl (C=O) groups is 1. The van der Waals surface area contributed by atoms with E-state index in [1.807, 2.05) is 0 Å². The zero-order valence-electron chi connectivity index (χ0n) is 17.9. The van der Waals surface area contributed by atoms with E-state index in [0.29, 0.717) is 25.6 Å². The number of allylic oxidation sites excluding steroid dienone is 1. The van der Waals surface area contributed by atoms with Crippen LogP contribution in [0.25, 0.3) is 5.57 Å². The van der Waals surface area contributed by atoms with Crippen molar-refractivity contribution >= 4 is 11.5 Å². The third-order valence-corrected chi connectivity index (χ3v) is 6.62. The number of fused-ring (bicyclic) bond motifs is 1. The van der Waals surface area contributed by atoms with E-state index in [1.165, 1.54) is 27.8 Å². The van der Waals surface area contributed by atoms with Crippen LogP contribution in [0.2, 0.25) is 0 Å². The molecule has 4 rings (SSSR count). The van der Waals surface area contributed by atoms with Crippen molar-refractivity contribution in [3.63, 3.8) is 0 Å². The van der Waals surface area contributed by atoms with Gasteiger partial charge in [0, 0.05) is 19.6 Å². The Kier molecular flexibility index (Phi) is 6.24. The van der Waals surface area contributed by atoms with E-state index in [2.05, 4.69) is 67.3 Å². The van der Waals surface area contributed by atoms with Crippen molar-refractivity contribution in [3.8, 4) is 5.75 Å². The smallest absolute Gasteiger partial charge is 0.309 e. The first-order valence-electron chi connectivity index (χ1n) is 11.0. The standard InChI is InChI=1S/C26H31NO3/c1-18(20-6-4-3-5-7-20)12-13-30-24-10-11-25-19(2)22(9-8-21(25)14-24)15-27-16-23(17-27)26(28)29/h3-7,10-11,14,18,23H,8-9,12-13,15-17H2,1-2H3,(H,28,29). The highest BCUT2D eigenvalue weighted by Gasteiger charge is 2.33. The van der Waals surface area contributed by atoms with Crippen LogP contribution in [0, 0.1) is 5.92 Å². The lowest BCUT2D eigenvalue weighted by Crippen LogP contribution is -2.50. The Labute approximate surface area is 179 Å². The summed E-state index contributed by atoms with van der Waals surface area (Å²) in [5, 5.41) is 9.06. The van der Waals surface area contributed by atoms with Crippen LogP contribution >= 0.6 is 0 Å². The van der Waals surface area contributed by atoms with Gasteiger partial charge in [0.2, 0.25) is 0 Å². The third-order valence-electron chi connectivity index (χ3n) is 6.62. The van der Waals surface area contributed by atoms with Crippen LogP contribution in [-0.2, 0) is 11.2 Å². The highest BCUT2D eigenvalue weighted by molar-refractivity contribution is 5.73. The minimum atomic E-state index is -0.670. The van der Waals surface area contributed by atoms with E-state index < -0.39 is 5.97 Å². The monoisotopic (exact) mass is 405 g/mol. The number of hydrogen-bond acceptors (Lipinski definition) is 3. The van der Waals surface area contributed by atoms with Crippen LogP contribution in [0.15, 0.2) is 54.1 Å². The molecule has 4 nitrogen and oxygen atoms in total. The summed E-state index contributed by atoms with van der Waals surface area (Å²) in [4.78, 5) is 13.3. The second-order valence-electron chi connectivity index (χ2n) is 8.73. The molecule has 1 saturated heterocycles.